The first-order valence-corrected chi connectivity index (χ1v) is 7.70. The summed E-state index contributed by atoms with van der Waals surface area (Å²) >= 11 is 0. The molecule has 0 aliphatic heterocycles. The van der Waals surface area contributed by atoms with Gasteiger partial charge in [-0.2, -0.15) is 4.98 Å². The van der Waals surface area contributed by atoms with Crippen molar-refractivity contribution in [3.05, 3.63) is 36.7 Å². The Kier molecular flexibility index (Phi) is 6.30. The summed E-state index contributed by atoms with van der Waals surface area (Å²) in [4.78, 5) is 27.1. The summed E-state index contributed by atoms with van der Waals surface area (Å²) in [5, 5.41) is 9.49. The molecule has 1 aromatic carbocycles. The molecule has 128 valence electrons. The molecule has 2 rings (SSSR count). The predicted octanol–water partition coefficient (Wildman–Crippen LogP) is 0.677. The first kappa shape index (κ1) is 17.5. The van der Waals surface area contributed by atoms with Gasteiger partial charge >= 0.3 is 6.01 Å². The van der Waals surface area contributed by atoms with Crippen molar-refractivity contribution in [1.82, 2.24) is 25.4 Å². The molecule has 2 amide bonds. The number of amides is 2. The molecule has 8 nitrogen and oxygen atoms in total. The fourth-order valence-electron chi connectivity index (χ4n) is 1.91. The first-order chi connectivity index (χ1) is 11.5. The van der Waals surface area contributed by atoms with Crippen LogP contribution in [0.25, 0.3) is 5.69 Å². The van der Waals surface area contributed by atoms with E-state index in [9.17, 15) is 9.59 Å². The summed E-state index contributed by atoms with van der Waals surface area (Å²) in [7, 11) is 0. The van der Waals surface area contributed by atoms with Crippen LogP contribution in [0.3, 0.4) is 0 Å². The summed E-state index contributed by atoms with van der Waals surface area (Å²) in [6, 6.07) is 9.65. The standard InChI is InChI=1S/C16H21N5O3/c1-12(2)19-14(22)8-9-17-15(23)10-24-16-18-11-21(20-16)13-6-4-3-5-7-13/h3-7,11-12H,8-10H2,1-2H3,(H,17,23)(H,19,22). The zero-order valence-electron chi connectivity index (χ0n) is 13.7. The van der Waals surface area contributed by atoms with Gasteiger partial charge in [-0.1, -0.05) is 18.2 Å². The normalized spacial score (nSPS) is 10.5. The predicted molar refractivity (Wildman–Crippen MR) is 87.8 cm³/mol. The molecule has 0 unspecified atom stereocenters. The van der Waals surface area contributed by atoms with E-state index in [4.69, 9.17) is 4.74 Å². The van der Waals surface area contributed by atoms with Gasteiger partial charge in [0.1, 0.15) is 6.33 Å². The molecule has 1 aromatic heterocycles. The number of nitrogens with one attached hydrogen (secondary N) is 2. The molecule has 0 bridgehead atoms. The lowest BCUT2D eigenvalue weighted by Crippen LogP contribution is -2.35. The van der Waals surface area contributed by atoms with Gasteiger partial charge in [0.2, 0.25) is 5.91 Å². The quantitative estimate of drug-likeness (QED) is 0.741. The van der Waals surface area contributed by atoms with E-state index in [1.54, 1.807) is 4.68 Å². The number of hydrogen-bond donors (Lipinski definition) is 2. The maximum Gasteiger partial charge on any atom is 0.336 e. The number of carbonyl (C=O) groups excluding carboxylic acids is 2. The third kappa shape index (κ3) is 5.71. The van der Waals surface area contributed by atoms with Crippen LogP contribution in [-0.2, 0) is 9.59 Å². The van der Waals surface area contributed by atoms with Crippen molar-refractivity contribution in [1.29, 1.82) is 0 Å². The number of benzene rings is 1. The molecule has 0 saturated carbocycles. The second-order valence-corrected chi connectivity index (χ2v) is 5.42. The van der Waals surface area contributed by atoms with E-state index in [0.717, 1.165) is 5.69 Å². The topological polar surface area (TPSA) is 98.1 Å². The van der Waals surface area contributed by atoms with Gasteiger partial charge in [-0.15, -0.1) is 5.10 Å². The van der Waals surface area contributed by atoms with E-state index in [2.05, 4.69) is 20.7 Å². The molecular weight excluding hydrogens is 310 g/mol. The highest BCUT2D eigenvalue weighted by atomic mass is 16.5. The van der Waals surface area contributed by atoms with Crippen molar-refractivity contribution < 1.29 is 14.3 Å². The minimum Gasteiger partial charge on any atom is -0.452 e. The van der Waals surface area contributed by atoms with Crippen LogP contribution in [0.15, 0.2) is 36.7 Å². The zero-order chi connectivity index (χ0) is 17.4. The molecule has 2 N–H and O–H groups in total. The average molecular weight is 331 g/mol. The van der Waals surface area contributed by atoms with Crippen molar-refractivity contribution in [2.24, 2.45) is 0 Å². The average Bonchev–Trinajstić information content (AvgIpc) is 3.02. The minimum atomic E-state index is -0.330. The van der Waals surface area contributed by atoms with Gasteiger partial charge in [0.05, 0.1) is 5.69 Å². The third-order valence-electron chi connectivity index (χ3n) is 2.95. The fraction of sp³-hybridized carbons (Fsp3) is 0.375. The van der Waals surface area contributed by atoms with E-state index >= 15 is 0 Å². The largest absolute Gasteiger partial charge is 0.452 e. The Balaban J connectivity index is 1.71. The highest BCUT2D eigenvalue weighted by molar-refractivity contribution is 5.79. The smallest absolute Gasteiger partial charge is 0.336 e. The van der Waals surface area contributed by atoms with Gasteiger partial charge in [-0.05, 0) is 26.0 Å². The van der Waals surface area contributed by atoms with Crippen molar-refractivity contribution in [3.8, 4) is 11.7 Å². The summed E-state index contributed by atoms with van der Waals surface area (Å²) in [6.45, 7) is 3.81. The zero-order valence-corrected chi connectivity index (χ0v) is 13.7. The Labute approximate surface area is 140 Å². The SMILES string of the molecule is CC(C)NC(=O)CCNC(=O)COc1ncn(-c2ccccc2)n1. The molecule has 0 fully saturated rings. The maximum absolute atomic E-state index is 11.7. The highest BCUT2D eigenvalue weighted by Gasteiger charge is 2.08. The molecule has 2 aromatic rings. The van der Waals surface area contributed by atoms with Crippen molar-refractivity contribution in [2.75, 3.05) is 13.2 Å². The van der Waals surface area contributed by atoms with Crippen LogP contribution in [0.2, 0.25) is 0 Å². The molecule has 1 heterocycles. The highest BCUT2D eigenvalue weighted by Crippen LogP contribution is 2.07. The molecule has 0 saturated heterocycles. The Morgan fingerprint density at radius 1 is 1.21 bits per heavy atom. The van der Waals surface area contributed by atoms with Gasteiger partial charge in [0.25, 0.3) is 5.91 Å². The molecule has 8 heteroatoms. The van der Waals surface area contributed by atoms with Gasteiger partial charge in [-0.25, -0.2) is 4.68 Å². The Morgan fingerprint density at radius 2 is 1.96 bits per heavy atom. The van der Waals surface area contributed by atoms with Crippen LogP contribution >= 0.6 is 0 Å². The van der Waals surface area contributed by atoms with Gasteiger partial charge in [0, 0.05) is 19.0 Å². The lowest BCUT2D eigenvalue weighted by Gasteiger charge is -2.08. The molecule has 0 radical (unpaired) electrons. The fourth-order valence-corrected chi connectivity index (χ4v) is 1.91. The van der Waals surface area contributed by atoms with Crippen LogP contribution < -0.4 is 15.4 Å². The van der Waals surface area contributed by atoms with E-state index < -0.39 is 0 Å². The lowest BCUT2D eigenvalue weighted by atomic mass is 10.3. The van der Waals surface area contributed by atoms with Crippen LogP contribution in [-0.4, -0.2) is 45.8 Å². The molecule has 0 atom stereocenters. The molecule has 0 aliphatic rings. The molecular formula is C16H21N5O3. The number of nitrogens with zero attached hydrogens (tertiary/aromatic N) is 3. The van der Waals surface area contributed by atoms with Crippen molar-refractivity contribution >= 4 is 11.8 Å². The summed E-state index contributed by atoms with van der Waals surface area (Å²) in [5.41, 5.74) is 0.848. The number of rotatable bonds is 8. The second-order valence-electron chi connectivity index (χ2n) is 5.42. The van der Waals surface area contributed by atoms with Crippen LogP contribution in [0.4, 0.5) is 0 Å². The first-order valence-electron chi connectivity index (χ1n) is 7.70. The second kappa shape index (κ2) is 8.66. The number of aromatic nitrogens is 3. The number of hydrogen-bond acceptors (Lipinski definition) is 5. The Hall–Kier alpha value is -2.90. The number of carbonyl (C=O) groups is 2. The Morgan fingerprint density at radius 3 is 2.67 bits per heavy atom. The van der Waals surface area contributed by atoms with E-state index in [1.165, 1.54) is 6.33 Å². The van der Waals surface area contributed by atoms with Gasteiger partial charge in [-0.3, -0.25) is 9.59 Å². The molecule has 24 heavy (non-hydrogen) atoms. The minimum absolute atomic E-state index is 0.0855. The Bertz CT molecular complexity index is 669. The van der Waals surface area contributed by atoms with Crippen molar-refractivity contribution in [3.63, 3.8) is 0 Å². The lowest BCUT2D eigenvalue weighted by molar-refractivity contribution is -0.123. The summed E-state index contributed by atoms with van der Waals surface area (Å²) < 4.78 is 6.80. The number of ether oxygens (including phenoxy) is 1. The van der Waals surface area contributed by atoms with Gasteiger partial charge in [0.15, 0.2) is 6.61 Å². The summed E-state index contributed by atoms with van der Waals surface area (Å²) in [6.07, 6.45) is 1.74. The van der Waals surface area contributed by atoms with E-state index in [-0.39, 0.29) is 43.4 Å². The summed E-state index contributed by atoms with van der Waals surface area (Å²) in [5.74, 6) is -0.433. The van der Waals surface area contributed by atoms with Crippen molar-refractivity contribution in [2.45, 2.75) is 26.3 Å². The maximum atomic E-state index is 11.7. The van der Waals surface area contributed by atoms with Crippen LogP contribution in [0.5, 0.6) is 6.01 Å². The van der Waals surface area contributed by atoms with Crippen LogP contribution in [0.1, 0.15) is 20.3 Å². The molecule has 0 spiro atoms. The van der Waals surface area contributed by atoms with E-state index in [1.807, 2.05) is 44.2 Å². The van der Waals surface area contributed by atoms with Gasteiger partial charge < -0.3 is 15.4 Å². The monoisotopic (exact) mass is 331 g/mol. The third-order valence-corrected chi connectivity index (χ3v) is 2.95. The number of para-hydroxylation sites is 1. The van der Waals surface area contributed by atoms with E-state index in [0.29, 0.717) is 0 Å². The van der Waals surface area contributed by atoms with Crippen LogP contribution in [0, 0.1) is 0 Å². The molecule has 0 aliphatic carbocycles.